The lowest BCUT2D eigenvalue weighted by Gasteiger charge is -2.57. The minimum Gasteiger partial charge on any atom is -0.395 e. The number of rotatable bonds is 4. The molecule has 3 fully saturated rings. The minimum atomic E-state index is 0.342. The van der Waals surface area contributed by atoms with Crippen LogP contribution in [-0.2, 0) is 11.3 Å². The molecule has 1 aromatic rings. The Morgan fingerprint density at radius 3 is 2.77 bits per heavy atom. The monoisotopic (exact) mass is 409 g/mol. The molecule has 0 bridgehead atoms. The Hall–Kier alpha value is -1.91. The molecule has 5 atom stereocenters. The van der Waals surface area contributed by atoms with Crippen molar-refractivity contribution in [1.82, 2.24) is 10.1 Å². The van der Waals surface area contributed by atoms with Crippen molar-refractivity contribution in [1.29, 1.82) is 0 Å². The van der Waals surface area contributed by atoms with Crippen molar-refractivity contribution in [2.24, 2.45) is 33.7 Å². The molecule has 0 spiro atoms. The molecular weight excluding hydrogens is 374 g/mol. The number of oxime groups is 1. The van der Waals surface area contributed by atoms with Gasteiger partial charge in [-0.2, -0.15) is 4.98 Å². The van der Waals surface area contributed by atoms with Crippen LogP contribution in [-0.4, -0.2) is 22.5 Å². The average Bonchev–Trinajstić information content (AvgIpc) is 3.28. The second kappa shape index (κ2) is 7.35. The Kier molecular flexibility index (Phi) is 4.90. The largest absolute Gasteiger partial charge is 0.395 e. The van der Waals surface area contributed by atoms with Crippen molar-refractivity contribution in [3.8, 4) is 0 Å². The summed E-state index contributed by atoms with van der Waals surface area (Å²) in [6.07, 6.45) is 13.0. The van der Waals surface area contributed by atoms with Crippen LogP contribution in [0.15, 0.2) is 33.5 Å². The van der Waals surface area contributed by atoms with E-state index in [0.29, 0.717) is 35.6 Å². The third kappa shape index (κ3) is 3.16. The van der Waals surface area contributed by atoms with E-state index in [1.165, 1.54) is 50.5 Å². The summed E-state index contributed by atoms with van der Waals surface area (Å²) in [7, 11) is 0. The van der Waals surface area contributed by atoms with Gasteiger partial charge in [-0.05, 0) is 93.0 Å². The molecule has 4 aliphatic rings. The predicted octanol–water partition coefficient (Wildman–Crippen LogP) is 5.81. The first kappa shape index (κ1) is 20.0. The van der Waals surface area contributed by atoms with Crippen molar-refractivity contribution in [3.63, 3.8) is 0 Å². The topological polar surface area (TPSA) is 60.5 Å². The molecule has 0 amide bonds. The lowest BCUT2D eigenvalue weighted by Crippen LogP contribution is -2.49. The number of allylic oxidation sites excluding steroid dienone is 3. The molecule has 4 aliphatic carbocycles. The standard InChI is InChI=1S/C25H35N3O2/c1-16-5-8-21-20-7-6-18-15-19(28-29-14-11-23-26-17(2)27-30-23)9-12-25(18,4)22(20)10-13-24(16,21)3/h15,20-22H,1,5-14H2,2-4H3/t20?,21?,22?,24-,25+/m1/s1. The van der Waals surface area contributed by atoms with E-state index in [0.717, 1.165) is 29.9 Å². The fourth-order valence-electron chi connectivity index (χ4n) is 7.25. The number of hydrogen-bond donors (Lipinski definition) is 0. The summed E-state index contributed by atoms with van der Waals surface area (Å²) >= 11 is 0. The van der Waals surface area contributed by atoms with Gasteiger partial charge < -0.3 is 9.36 Å². The molecule has 5 heteroatoms. The second-order valence-electron chi connectivity index (χ2n) is 10.5. The van der Waals surface area contributed by atoms with Gasteiger partial charge in [0.2, 0.25) is 5.89 Å². The minimum absolute atomic E-state index is 0.342. The Bertz CT molecular complexity index is 900. The van der Waals surface area contributed by atoms with E-state index in [-0.39, 0.29) is 0 Å². The molecular formula is C25H35N3O2. The molecule has 0 saturated heterocycles. The number of aromatic nitrogens is 2. The Balaban J connectivity index is 1.26. The normalized spacial score (nSPS) is 39.3. The highest BCUT2D eigenvalue weighted by molar-refractivity contribution is 5.96. The third-order valence-corrected chi connectivity index (χ3v) is 9.09. The van der Waals surface area contributed by atoms with Gasteiger partial charge in [0.15, 0.2) is 5.82 Å². The average molecular weight is 410 g/mol. The first-order chi connectivity index (χ1) is 14.4. The molecule has 3 unspecified atom stereocenters. The zero-order valence-electron chi connectivity index (χ0n) is 18.7. The lowest BCUT2D eigenvalue weighted by atomic mass is 9.47. The van der Waals surface area contributed by atoms with Crippen LogP contribution in [0, 0.1) is 35.5 Å². The summed E-state index contributed by atoms with van der Waals surface area (Å²) in [5, 5.41) is 8.25. The van der Waals surface area contributed by atoms with Crippen molar-refractivity contribution in [3.05, 3.63) is 35.5 Å². The van der Waals surface area contributed by atoms with Crippen LogP contribution in [0.3, 0.4) is 0 Å². The van der Waals surface area contributed by atoms with Crippen LogP contribution in [0.5, 0.6) is 0 Å². The van der Waals surface area contributed by atoms with Gasteiger partial charge in [-0.15, -0.1) is 0 Å². The molecule has 30 heavy (non-hydrogen) atoms. The predicted molar refractivity (Wildman–Crippen MR) is 117 cm³/mol. The summed E-state index contributed by atoms with van der Waals surface area (Å²) < 4.78 is 5.13. The molecule has 0 aromatic carbocycles. The van der Waals surface area contributed by atoms with Crippen LogP contribution in [0.1, 0.15) is 76.9 Å². The summed E-state index contributed by atoms with van der Waals surface area (Å²) in [5.74, 6) is 3.82. The van der Waals surface area contributed by atoms with E-state index in [9.17, 15) is 0 Å². The van der Waals surface area contributed by atoms with E-state index >= 15 is 0 Å². The molecule has 162 valence electrons. The summed E-state index contributed by atoms with van der Waals surface area (Å²) in [5.41, 5.74) is 4.99. The van der Waals surface area contributed by atoms with Gasteiger partial charge in [-0.25, -0.2) is 0 Å². The second-order valence-corrected chi connectivity index (χ2v) is 10.5. The summed E-state index contributed by atoms with van der Waals surface area (Å²) in [6, 6.07) is 0. The molecule has 0 aliphatic heterocycles. The molecule has 0 N–H and O–H groups in total. The maximum absolute atomic E-state index is 5.59. The van der Waals surface area contributed by atoms with Crippen molar-refractivity contribution in [2.75, 3.05) is 6.61 Å². The molecule has 1 heterocycles. The fraction of sp³-hybridized carbons (Fsp3) is 0.720. The number of hydrogen-bond acceptors (Lipinski definition) is 5. The maximum atomic E-state index is 5.59. The Morgan fingerprint density at radius 2 is 1.97 bits per heavy atom. The Morgan fingerprint density at radius 1 is 1.13 bits per heavy atom. The molecule has 3 saturated carbocycles. The van der Waals surface area contributed by atoms with Crippen molar-refractivity contribution < 1.29 is 9.36 Å². The maximum Gasteiger partial charge on any atom is 0.230 e. The van der Waals surface area contributed by atoms with Crippen LogP contribution in [0.2, 0.25) is 0 Å². The van der Waals surface area contributed by atoms with Gasteiger partial charge in [0.1, 0.15) is 6.61 Å². The van der Waals surface area contributed by atoms with Gasteiger partial charge in [-0.1, -0.05) is 41.9 Å². The summed E-state index contributed by atoms with van der Waals surface area (Å²) in [6.45, 7) is 11.8. The van der Waals surface area contributed by atoms with Gasteiger partial charge in [-0.3, -0.25) is 0 Å². The number of fused-ring (bicyclic) bond motifs is 5. The van der Waals surface area contributed by atoms with Crippen molar-refractivity contribution >= 4 is 5.71 Å². The molecule has 5 rings (SSSR count). The van der Waals surface area contributed by atoms with E-state index in [1.807, 2.05) is 6.92 Å². The highest BCUT2D eigenvalue weighted by Gasteiger charge is 2.57. The van der Waals surface area contributed by atoms with Gasteiger partial charge in [0.25, 0.3) is 0 Å². The SMILES string of the molecule is C=C1CCC2C3CCC4=CC(=NOCCc5nc(C)no5)CC[C@]4(C)C3CC[C@]12C. The zero-order valence-corrected chi connectivity index (χ0v) is 18.7. The van der Waals surface area contributed by atoms with Crippen LogP contribution in [0.4, 0.5) is 0 Å². The lowest BCUT2D eigenvalue weighted by molar-refractivity contribution is -0.0226. The number of nitrogens with zero attached hydrogens (tertiary/aromatic N) is 3. The first-order valence-electron chi connectivity index (χ1n) is 11.8. The fourth-order valence-corrected chi connectivity index (χ4v) is 7.25. The molecule has 5 nitrogen and oxygen atoms in total. The van der Waals surface area contributed by atoms with Crippen LogP contribution in [0.25, 0.3) is 0 Å². The van der Waals surface area contributed by atoms with Gasteiger partial charge in [0.05, 0.1) is 12.1 Å². The first-order valence-corrected chi connectivity index (χ1v) is 11.8. The van der Waals surface area contributed by atoms with E-state index in [2.05, 4.69) is 41.8 Å². The quantitative estimate of drug-likeness (QED) is 0.357. The van der Waals surface area contributed by atoms with Gasteiger partial charge in [0, 0.05) is 0 Å². The van der Waals surface area contributed by atoms with Crippen LogP contribution >= 0.6 is 0 Å². The van der Waals surface area contributed by atoms with E-state index < -0.39 is 0 Å². The third-order valence-electron chi connectivity index (χ3n) is 9.09. The van der Waals surface area contributed by atoms with Gasteiger partial charge >= 0.3 is 0 Å². The Labute approximate surface area is 180 Å². The van der Waals surface area contributed by atoms with Crippen molar-refractivity contribution in [2.45, 2.75) is 78.6 Å². The number of aryl methyl sites for hydroxylation is 1. The van der Waals surface area contributed by atoms with E-state index in [1.54, 1.807) is 5.57 Å². The van der Waals surface area contributed by atoms with E-state index in [4.69, 9.17) is 9.36 Å². The summed E-state index contributed by atoms with van der Waals surface area (Å²) in [4.78, 5) is 9.80. The van der Waals surface area contributed by atoms with Crippen LogP contribution < -0.4 is 0 Å². The smallest absolute Gasteiger partial charge is 0.230 e. The molecule has 0 radical (unpaired) electrons. The highest BCUT2D eigenvalue weighted by Crippen LogP contribution is 2.66. The highest BCUT2D eigenvalue weighted by atomic mass is 16.6. The zero-order chi connectivity index (χ0) is 20.9. The molecule has 1 aromatic heterocycles.